The number of hydrogen-bond acceptors (Lipinski definition) is 3. The molecule has 2 N–H and O–H groups in total. The number of halogens is 1. The minimum atomic E-state index is -0.397. The zero-order valence-corrected chi connectivity index (χ0v) is 8.77. The van der Waals surface area contributed by atoms with Crippen LogP contribution in [0.2, 0.25) is 0 Å². The molecule has 16 heavy (non-hydrogen) atoms. The Kier molecular flexibility index (Phi) is 2.72. The van der Waals surface area contributed by atoms with Crippen LogP contribution in [-0.4, -0.2) is 12.1 Å². The van der Waals surface area contributed by atoms with Crippen LogP contribution in [0.3, 0.4) is 0 Å². The molecule has 0 aliphatic carbocycles. The highest BCUT2D eigenvalue weighted by atomic mass is 19.1. The van der Waals surface area contributed by atoms with Crippen molar-refractivity contribution in [2.45, 2.75) is 0 Å². The van der Waals surface area contributed by atoms with Gasteiger partial charge in [0.25, 0.3) is 0 Å². The number of benzene rings is 1. The van der Waals surface area contributed by atoms with Gasteiger partial charge in [0.2, 0.25) is 5.88 Å². The van der Waals surface area contributed by atoms with E-state index in [1.807, 2.05) is 0 Å². The molecule has 0 atom stereocenters. The molecule has 2 aromatic rings. The first-order valence-electron chi connectivity index (χ1n) is 4.76. The highest BCUT2D eigenvalue weighted by molar-refractivity contribution is 5.68. The molecule has 2 rings (SSSR count). The van der Waals surface area contributed by atoms with E-state index in [1.54, 1.807) is 30.3 Å². The monoisotopic (exact) mass is 218 g/mol. The Morgan fingerprint density at radius 1 is 1.31 bits per heavy atom. The van der Waals surface area contributed by atoms with Gasteiger partial charge in [-0.1, -0.05) is 12.1 Å². The SMILES string of the molecule is COc1cc(-c2cccc(N)c2)c(F)cn1. The van der Waals surface area contributed by atoms with Crippen LogP contribution in [0.25, 0.3) is 11.1 Å². The molecule has 1 aromatic carbocycles. The number of rotatable bonds is 2. The van der Waals surface area contributed by atoms with Crippen molar-refractivity contribution in [3.05, 3.63) is 42.3 Å². The summed E-state index contributed by atoms with van der Waals surface area (Å²) in [6.45, 7) is 0. The van der Waals surface area contributed by atoms with Crippen molar-refractivity contribution >= 4 is 5.69 Å². The lowest BCUT2D eigenvalue weighted by Gasteiger charge is -2.06. The molecule has 0 unspecified atom stereocenters. The van der Waals surface area contributed by atoms with Crippen LogP contribution in [0.1, 0.15) is 0 Å². The fourth-order valence-electron chi connectivity index (χ4n) is 1.46. The molecule has 0 bridgehead atoms. The van der Waals surface area contributed by atoms with Crippen LogP contribution < -0.4 is 10.5 Å². The van der Waals surface area contributed by atoms with E-state index in [1.165, 1.54) is 7.11 Å². The van der Waals surface area contributed by atoms with E-state index in [9.17, 15) is 4.39 Å². The van der Waals surface area contributed by atoms with E-state index in [2.05, 4.69) is 4.98 Å². The fraction of sp³-hybridized carbons (Fsp3) is 0.0833. The van der Waals surface area contributed by atoms with Crippen molar-refractivity contribution in [1.82, 2.24) is 4.98 Å². The minimum absolute atomic E-state index is 0.374. The standard InChI is InChI=1S/C12H11FN2O/c1-16-12-6-10(11(13)7-15-12)8-3-2-4-9(14)5-8/h2-7H,14H2,1H3. The smallest absolute Gasteiger partial charge is 0.213 e. The maximum atomic E-state index is 13.6. The van der Waals surface area contributed by atoms with Gasteiger partial charge in [0, 0.05) is 17.3 Å². The molecule has 0 fully saturated rings. The average molecular weight is 218 g/mol. The van der Waals surface area contributed by atoms with Crippen LogP contribution in [0.15, 0.2) is 36.5 Å². The predicted octanol–water partition coefficient (Wildman–Crippen LogP) is 2.48. The van der Waals surface area contributed by atoms with Gasteiger partial charge in [-0.05, 0) is 17.7 Å². The Morgan fingerprint density at radius 3 is 2.81 bits per heavy atom. The topological polar surface area (TPSA) is 48.1 Å². The number of pyridine rings is 1. The second kappa shape index (κ2) is 4.18. The molecule has 0 radical (unpaired) electrons. The summed E-state index contributed by atoms with van der Waals surface area (Å²) >= 11 is 0. The maximum Gasteiger partial charge on any atom is 0.213 e. The summed E-state index contributed by atoms with van der Waals surface area (Å²) < 4.78 is 18.5. The zero-order chi connectivity index (χ0) is 11.5. The maximum absolute atomic E-state index is 13.6. The van der Waals surface area contributed by atoms with E-state index in [0.29, 0.717) is 22.7 Å². The van der Waals surface area contributed by atoms with Gasteiger partial charge in [-0.25, -0.2) is 9.37 Å². The third kappa shape index (κ3) is 1.95. The summed E-state index contributed by atoms with van der Waals surface area (Å²) in [6.07, 6.45) is 1.14. The molecule has 0 saturated carbocycles. The number of nitrogens with zero attached hydrogens (tertiary/aromatic N) is 1. The van der Waals surface area contributed by atoms with Gasteiger partial charge < -0.3 is 10.5 Å². The summed E-state index contributed by atoms with van der Waals surface area (Å²) in [7, 11) is 1.49. The first-order chi connectivity index (χ1) is 7.70. The summed E-state index contributed by atoms with van der Waals surface area (Å²) in [6, 6.07) is 8.56. The van der Waals surface area contributed by atoms with Gasteiger partial charge in [0.15, 0.2) is 0 Å². The van der Waals surface area contributed by atoms with Gasteiger partial charge in [-0.15, -0.1) is 0 Å². The molecule has 0 spiro atoms. The number of anilines is 1. The van der Waals surface area contributed by atoms with E-state index >= 15 is 0 Å². The highest BCUT2D eigenvalue weighted by Crippen LogP contribution is 2.26. The van der Waals surface area contributed by atoms with E-state index < -0.39 is 5.82 Å². The quantitative estimate of drug-likeness (QED) is 0.788. The Balaban J connectivity index is 2.54. The van der Waals surface area contributed by atoms with E-state index in [4.69, 9.17) is 10.5 Å². The highest BCUT2D eigenvalue weighted by Gasteiger charge is 2.07. The molecule has 3 nitrogen and oxygen atoms in total. The molecule has 4 heteroatoms. The van der Waals surface area contributed by atoms with Gasteiger partial charge in [0.1, 0.15) is 5.82 Å². The Labute approximate surface area is 92.7 Å². The first kappa shape index (κ1) is 10.4. The summed E-state index contributed by atoms with van der Waals surface area (Å²) in [5, 5.41) is 0. The second-order valence-electron chi connectivity index (χ2n) is 3.33. The van der Waals surface area contributed by atoms with Crippen LogP contribution >= 0.6 is 0 Å². The molecule has 0 aliphatic rings. The average Bonchev–Trinajstić information content (AvgIpc) is 2.30. The van der Waals surface area contributed by atoms with Crippen molar-refractivity contribution in [2.24, 2.45) is 0 Å². The second-order valence-corrected chi connectivity index (χ2v) is 3.33. The third-order valence-corrected chi connectivity index (χ3v) is 2.24. The Hall–Kier alpha value is -2.10. The number of methoxy groups -OCH3 is 1. The van der Waals surface area contributed by atoms with Crippen LogP contribution in [0, 0.1) is 5.82 Å². The van der Waals surface area contributed by atoms with Gasteiger partial charge in [-0.2, -0.15) is 0 Å². The molecule has 1 aromatic heterocycles. The van der Waals surface area contributed by atoms with Crippen molar-refractivity contribution in [1.29, 1.82) is 0 Å². The summed E-state index contributed by atoms with van der Waals surface area (Å²) in [4.78, 5) is 3.78. The van der Waals surface area contributed by atoms with Gasteiger partial charge in [-0.3, -0.25) is 0 Å². The fourth-order valence-corrected chi connectivity index (χ4v) is 1.46. The third-order valence-electron chi connectivity index (χ3n) is 2.24. The van der Waals surface area contributed by atoms with Crippen molar-refractivity contribution in [3.63, 3.8) is 0 Å². The number of nitrogens with two attached hydrogens (primary N) is 1. The molecule has 0 saturated heterocycles. The summed E-state index contributed by atoms with van der Waals surface area (Å²) in [5.41, 5.74) is 7.37. The van der Waals surface area contributed by atoms with Crippen LogP contribution in [-0.2, 0) is 0 Å². The lowest BCUT2D eigenvalue weighted by molar-refractivity contribution is 0.396. The largest absolute Gasteiger partial charge is 0.481 e. The van der Waals surface area contributed by atoms with Gasteiger partial charge in [0.05, 0.1) is 13.3 Å². The van der Waals surface area contributed by atoms with Crippen molar-refractivity contribution in [3.8, 4) is 17.0 Å². The number of nitrogen functional groups attached to an aromatic ring is 1. The van der Waals surface area contributed by atoms with Crippen LogP contribution in [0.4, 0.5) is 10.1 Å². The number of ether oxygens (including phenoxy) is 1. The molecule has 0 amide bonds. The molecule has 82 valence electrons. The number of hydrogen-bond donors (Lipinski definition) is 1. The first-order valence-corrected chi connectivity index (χ1v) is 4.76. The molecule has 1 heterocycles. The van der Waals surface area contributed by atoms with Crippen molar-refractivity contribution < 1.29 is 9.13 Å². The Morgan fingerprint density at radius 2 is 2.12 bits per heavy atom. The van der Waals surface area contributed by atoms with Crippen LogP contribution in [0.5, 0.6) is 5.88 Å². The van der Waals surface area contributed by atoms with E-state index in [-0.39, 0.29) is 0 Å². The predicted molar refractivity (Wildman–Crippen MR) is 60.6 cm³/mol. The Bertz CT molecular complexity index is 514. The minimum Gasteiger partial charge on any atom is -0.481 e. The van der Waals surface area contributed by atoms with Crippen molar-refractivity contribution in [2.75, 3.05) is 12.8 Å². The van der Waals surface area contributed by atoms with E-state index in [0.717, 1.165) is 6.20 Å². The molecular weight excluding hydrogens is 207 g/mol. The van der Waals surface area contributed by atoms with Gasteiger partial charge >= 0.3 is 0 Å². The number of aromatic nitrogens is 1. The normalized spacial score (nSPS) is 10.1. The molecule has 0 aliphatic heterocycles. The molecular formula is C12H11FN2O. The lowest BCUT2D eigenvalue weighted by Crippen LogP contribution is -1.92. The zero-order valence-electron chi connectivity index (χ0n) is 8.77. The summed E-state index contributed by atoms with van der Waals surface area (Å²) in [5.74, 6) is -0.0229. The lowest BCUT2D eigenvalue weighted by atomic mass is 10.1.